The van der Waals surface area contributed by atoms with Crippen LogP contribution in [0.4, 0.5) is 4.79 Å². The van der Waals surface area contributed by atoms with Crippen LogP contribution in [0.5, 0.6) is 5.75 Å². The molecule has 0 saturated heterocycles. The predicted octanol–water partition coefficient (Wildman–Crippen LogP) is -1.03. The molecule has 0 fully saturated rings. The molecule has 16 heavy (non-hydrogen) atoms. The van der Waals surface area contributed by atoms with Gasteiger partial charge in [-0.25, -0.2) is 4.90 Å². The molecule has 1 rings (SSSR count). The van der Waals surface area contributed by atoms with Crippen molar-refractivity contribution in [3.63, 3.8) is 0 Å². The third-order valence-electron chi connectivity index (χ3n) is 2.13. The molecule has 0 aliphatic carbocycles. The number of para-hydroxylation sites is 1. The lowest BCUT2D eigenvalue weighted by Gasteiger charge is -2.12. The number of rotatable bonds is 3. The fraction of sp³-hybridized carbons (Fsp3) is 0.417. The van der Waals surface area contributed by atoms with E-state index in [0.717, 1.165) is 12.1 Å². The molecule has 2 N–H and O–H groups in total. The molecule has 1 amide bonds. The maximum atomic E-state index is 11.5. The molecule has 4 nitrogen and oxygen atoms in total. The van der Waals surface area contributed by atoms with Crippen molar-refractivity contribution in [1.29, 1.82) is 0 Å². The summed E-state index contributed by atoms with van der Waals surface area (Å²) in [7, 11) is 7.63. The number of amides is 1. The Balaban J connectivity index is 2.82. The van der Waals surface area contributed by atoms with E-state index < -0.39 is 0 Å². The van der Waals surface area contributed by atoms with Crippen LogP contribution in [0.15, 0.2) is 24.3 Å². The highest BCUT2D eigenvalue weighted by Crippen LogP contribution is 2.16. The van der Waals surface area contributed by atoms with E-state index >= 15 is 0 Å². The van der Waals surface area contributed by atoms with Gasteiger partial charge in [0.1, 0.15) is 12.3 Å². The van der Waals surface area contributed by atoms with E-state index in [9.17, 15) is 4.79 Å². The van der Waals surface area contributed by atoms with Crippen molar-refractivity contribution in [1.82, 2.24) is 0 Å². The Hall–Kier alpha value is -1.39. The molecule has 0 heterocycles. The van der Waals surface area contributed by atoms with Crippen molar-refractivity contribution >= 4 is 6.09 Å². The number of ether oxygens (including phenoxy) is 1. The Labute approximate surface area is 96.4 Å². The molecule has 88 valence electrons. The van der Waals surface area contributed by atoms with Crippen LogP contribution in [-0.4, -0.2) is 34.3 Å². The fourth-order valence-corrected chi connectivity index (χ4v) is 1.33. The van der Waals surface area contributed by atoms with Gasteiger partial charge < -0.3 is 9.64 Å². The lowest BCUT2D eigenvalue weighted by atomic mass is 10.2. The van der Waals surface area contributed by atoms with Gasteiger partial charge in [-0.2, -0.15) is 4.79 Å². The van der Waals surface area contributed by atoms with Gasteiger partial charge in [-0.1, -0.05) is 12.1 Å². The van der Waals surface area contributed by atoms with Crippen LogP contribution in [-0.2, 0) is 6.54 Å². The summed E-state index contributed by atoms with van der Waals surface area (Å²) in [6.45, 7) is 0.839. The van der Waals surface area contributed by atoms with E-state index in [2.05, 4.69) is 14.1 Å². The lowest BCUT2D eigenvalue weighted by molar-refractivity contribution is -0.872. The van der Waals surface area contributed by atoms with Gasteiger partial charge in [-0.3, -0.25) is 0 Å². The summed E-state index contributed by atoms with van der Waals surface area (Å²) in [6.07, 6.45) is -0.263. The second-order valence-corrected chi connectivity index (χ2v) is 4.38. The first-order chi connectivity index (χ1) is 7.50. The highest BCUT2D eigenvalue weighted by Gasteiger charge is 2.15. The van der Waals surface area contributed by atoms with E-state index in [1.807, 2.05) is 24.3 Å². The first-order valence-corrected chi connectivity index (χ1v) is 5.40. The number of hydrogen-bond donors (Lipinski definition) is 2. The molecule has 0 radical (unpaired) electrons. The summed E-state index contributed by atoms with van der Waals surface area (Å²) in [5, 5.41) is 0. The van der Waals surface area contributed by atoms with Crippen LogP contribution in [0.3, 0.4) is 0 Å². The van der Waals surface area contributed by atoms with Gasteiger partial charge in [-0.05, 0) is 12.1 Å². The average molecular weight is 224 g/mol. The number of quaternary nitrogens is 2. The average Bonchev–Trinajstić information content (AvgIpc) is 2.20. The summed E-state index contributed by atoms with van der Waals surface area (Å²) in [5.74, 6) is 0.662. The van der Waals surface area contributed by atoms with Crippen LogP contribution >= 0.6 is 0 Å². The largest absolute Gasteiger partial charge is 0.519 e. The molecule has 0 aromatic heterocycles. The second-order valence-electron chi connectivity index (χ2n) is 4.38. The van der Waals surface area contributed by atoms with Gasteiger partial charge in [0.15, 0.2) is 0 Å². The van der Waals surface area contributed by atoms with E-state index in [1.54, 1.807) is 14.1 Å². The van der Waals surface area contributed by atoms with Crippen molar-refractivity contribution in [3.8, 4) is 5.75 Å². The van der Waals surface area contributed by atoms with Crippen molar-refractivity contribution < 1.29 is 19.3 Å². The van der Waals surface area contributed by atoms with E-state index in [0.29, 0.717) is 10.6 Å². The first-order valence-electron chi connectivity index (χ1n) is 5.40. The molecule has 0 saturated carbocycles. The molecule has 0 bridgehead atoms. The zero-order chi connectivity index (χ0) is 12.1. The van der Waals surface area contributed by atoms with Gasteiger partial charge in [0.05, 0.1) is 28.2 Å². The Morgan fingerprint density at radius 3 is 2.38 bits per heavy atom. The van der Waals surface area contributed by atoms with Crippen LogP contribution in [0, 0.1) is 0 Å². The van der Waals surface area contributed by atoms with Gasteiger partial charge in [0.2, 0.25) is 0 Å². The van der Waals surface area contributed by atoms with Crippen molar-refractivity contribution in [2.45, 2.75) is 6.54 Å². The topological polar surface area (TPSA) is 35.2 Å². The van der Waals surface area contributed by atoms with Crippen molar-refractivity contribution in [3.05, 3.63) is 29.8 Å². The highest BCUT2D eigenvalue weighted by molar-refractivity contribution is 5.61. The minimum atomic E-state index is -0.263. The van der Waals surface area contributed by atoms with Crippen molar-refractivity contribution in [2.24, 2.45) is 0 Å². The number of hydrogen-bond acceptors (Lipinski definition) is 2. The van der Waals surface area contributed by atoms with Gasteiger partial charge in [0, 0.05) is 5.56 Å². The summed E-state index contributed by atoms with van der Waals surface area (Å²) in [6, 6.07) is 7.65. The van der Waals surface area contributed by atoms with E-state index in [1.165, 1.54) is 4.90 Å². The molecule has 0 spiro atoms. The Bertz CT molecular complexity index is 362. The third-order valence-corrected chi connectivity index (χ3v) is 2.13. The summed E-state index contributed by atoms with van der Waals surface area (Å²) in [5.41, 5.74) is 1.05. The molecule has 1 aromatic rings. The molecule has 0 aliphatic heterocycles. The molecule has 1 aromatic carbocycles. The molecular weight excluding hydrogens is 204 g/mol. The normalized spacial score (nSPS) is 10.9. The van der Waals surface area contributed by atoms with Crippen LogP contribution in [0.25, 0.3) is 0 Å². The minimum absolute atomic E-state index is 0.263. The minimum Gasteiger partial charge on any atom is -0.380 e. The van der Waals surface area contributed by atoms with Gasteiger partial charge in [-0.15, -0.1) is 0 Å². The molecular formula is C12H20N2O2+2. The predicted molar refractivity (Wildman–Crippen MR) is 61.8 cm³/mol. The van der Waals surface area contributed by atoms with Gasteiger partial charge >= 0.3 is 6.09 Å². The smallest absolute Gasteiger partial charge is 0.380 e. The zero-order valence-electron chi connectivity index (χ0n) is 10.3. The van der Waals surface area contributed by atoms with Crippen molar-refractivity contribution in [2.75, 3.05) is 28.2 Å². The number of nitrogens with one attached hydrogen (secondary N) is 2. The van der Waals surface area contributed by atoms with E-state index in [4.69, 9.17) is 4.74 Å². The lowest BCUT2D eigenvalue weighted by Crippen LogP contribution is -3.09. The Kier molecular flexibility index (Phi) is 4.46. The molecule has 0 unspecified atom stereocenters. The fourth-order valence-electron chi connectivity index (χ4n) is 1.33. The number of carbonyl (C=O) groups is 1. The summed E-state index contributed by atoms with van der Waals surface area (Å²) < 4.78 is 5.32. The second kappa shape index (κ2) is 5.63. The number of benzene rings is 1. The van der Waals surface area contributed by atoms with Crippen LogP contribution < -0.4 is 14.5 Å². The summed E-state index contributed by atoms with van der Waals surface area (Å²) >= 11 is 0. The summed E-state index contributed by atoms with van der Waals surface area (Å²) in [4.78, 5) is 13.4. The highest BCUT2D eigenvalue weighted by atomic mass is 16.6. The quantitative estimate of drug-likeness (QED) is 0.689. The molecule has 0 aliphatic rings. The Morgan fingerprint density at radius 1 is 1.19 bits per heavy atom. The first kappa shape index (κ1) is 12.7. The standard InChI is InChI=1S/C12H18N2O2/c1-13(2)9-10-7-5-6-8-11(10)16-12(15)14(3)4/h5-8H,9H2,1-4H3/p+2. The Morgan fingerprint density at radius 2 is 1.81 bits per heavy atom. The van der Waals surface area contributed by atoms with Gasteiger partial charge in [0.25, 0.3) is 0 Å². The SMILES string of the molecule is C[NH+](C)Cc1ccccc1OC(=O)[NH+](C)C. The maximum absolute atomic E-state index is 11.5. The number of carbonyl (C=O) groups excluding carboxylic acids is 1. The monoisotopic (exact) mass is 224 g/mol. The van der Waals surface area contributed by atoms with Crippen LogP contribution in [0.1, 0.15) is 5.56 Å². The van der Waals surface area contributed by atoms with E-state index in [-0.39, 0.29) is 6.09 Å². The van der Waals surface area contributed by atoms with Crippen LogP contribution in [0.2, 0.25) is 0 Å². The maximum Gasteiger partial charge on any atom is 0.519 e. The third kappa shape index (κ3) is 3.64. The molecule has 4 heteroatoms. The zero-order valence-corrected chi connectivity index (χ0v) is 10.3. The molecule has 0 atom stereocenters.